The van der Waals surface area contributed by atoms with E-state index in [0.29, 0.717) is 0 Å². The number of ether oxygens (including phenoxy) is 1. The SMILES string of the molecule is CCOC1CCCN(C(=O)[C@@H]2CCCN2)C1. The molecule has 0 aromatic heterocycles. The van der Waals surface area contributed by atoms with Gasteiger partial charge in [0.25, 0.3) is 0 Å². The molecule has 0 saturated carbocycles. The number of rotatable bonds is 3. The highest BCUT2D eigenvalue weighted by Crippen LogP contribution is 2.16. The van der Waals surface area contributed by atoms with E-state index in [9.17, 15) is 4.79 Å². The molecule has 0 spiro atoms. The van der Waals surface area contributed by atoms with Crippen LogP contribution in [-0.4, -0.2) is 49.2 Å². The first kappa shape index (κ1) is 11.9. The number of carbonyl (C=O) groups is 1. The van der Waals surface area contributed by atoms with Gasteiger partial charge >= 0.3 is 0 Å². The molecule has 1 unspecified atom stereocenters. The van der Waals surface area contributed by atoms with Crippen LogP contribution >= 0.6 is 0 Å². The van der Waals surface area contributed by atoms with Crippen molar-refractivity contribution in [3.8, 4) is 0 Å². The first-order valence-electron chi connectivity index (χ1n) is 6.45. The van der Waals surface area contributed by atoms with Gasteiger partial charge in [0.2, 0.25) is 5.91 Å². The average molecular weight is 226 g/mol. The number of piperidine rings is 1. The van der Waals surface area contributed by atoms with Crippen molar-refractivity contribution in [3.05, 3.63) is 0 Å². The second kappa shape index (κ2) is 5.64. The minimum Gasteiger partial charge on any atom is -0.377 e. The van der Waals surface area contributed by atoms with Gasteiger partial charge < -0.3 is 15.0 Å². The van der Waals surface area contributed by atoms with E-state index in [1.165, 1.54) is 0 Å². The summed E-state index contributed by atoms with van der Waals surface area (Å²) in [6.07, 6.45) is 4.54. The molecule has 2 atom stereocenters. The summed E-state index contributed by atoms with van der Waals surface area (Å²) >= 11 is 0. The van der Waals surface area contributed by atoms with Crippen LogP contribution in [-0.2, 0) is 9.53 Å². The molecule has 4 heteroatoms. The number of likely N-dealkylation sites (tertiary alicyclic amines) is 1. The predicted octanol–water partition coefficient (Wildman–Crippen LogP) is 0.766. The number of nitrogens with zero attached hydrogens (tertiary/aromatic N) is 1. The van der Waals surface area contributed by atoms with Crippen LogP contribution in [0.3, 0.4) is 0 Å². The molecule has 2 fully saturated rings. The van der Waals surface area contributed by atoms with Gasteiger partial charge in [0.1, 0.15) is 0 Å². The standard InChI is InChI=1S/C12H22N2O2/c1-2-16-10-5-4-8-14(9-10)12(15)11-6-3-7-13-11/h10-11,13H,2-9H2,1H3/t10?,11-/m0/s1. The summed E-state index contributed by atoms with van der Waals surface area (Å²) in [5.74, 6) is 0.280. The van der Waals surface area contributed by atoms with Crippen LogP contribution in [0.1, 0.15) is 32.6 Å². The van der Waals surface area contributed by atoms with Gasteiger partial charge in [-0.3, -0.25) is 4.79 Å². The van der Waals surface area contributed by atoms with Crippen LogP contribution < -0.4 is 5.32 Å². The Morgan fingerprint density at radius 1 is 1.44 bits per heavy atom. The quantitative estimate of drug-likeness (QED) is 0.772. The Kier molecular flexibility index (Phi) is 4.18. The summed E-state index contributed by atoms with van der Waals surface area (Å²) in [5, 5.41) is 3.27. The monoisotopic (exact) mass is 226 g/mol. The lowest BCUT2D eigenvalue weighted by Gasteiger charge is -2.34. The van der Waals surface area contributed by atoms with E-state index in [1.54, 1.807) is 0 Å². The van der Waals surface area contributed by atoms with Crippen molar-refractivity contribution >= 4 is 5.91 Å². The smallest absolute Gasteiger partial charge is 0.239 e. The number of nitrogens with one attached hydrogen (secondary N) is 1. The zero-order valence-electron chi connectivity index (χ0n) is 10.1. The normalized spacial score (nSPS) is 30.7. The van der Waals surface area contributed by atoms with Crippen LogP contribution in [0, 0.1) is 0 Å². The molecular weight excluding hydrogens is 204 g/mol. The second-order valence-electron chi connectivity index (χ2n) is 4.65. The van der Waals surface area contributed by atoms with Gasteiger partial charge in [-0.15, -0.1) is 0 Å². The molecule has 0 aromatic rings. The molecule has 92 valence electrons. The highest BCUT2D eigenvalue weighted by Gasteiger charge is 2.30. The molecule has 0 radical (unpaired) electrons. The zero-order chi connectivity index (χ0) is 11.4. The van der Waals surface area contributed by atoms with Gasteiger partial charge in [0.15, 0.2) is 0 Å². The number of hydrogen-bond acceptors (Lipinski definition) is 3. The molecule has 1 N–H and O–H groups in total. The molecule has 2 rings (SSSR count). The first-order chi connectivity index (χ1) is 7.81. The third-order valence-electron chi connectivity index (χ3n) is 3.45. The Labute approximate surface area is 97.3 Å². The Bertz CT molecular complexity index is 237. The largest absolute Gasteiger partial charge is 0.377 e. The lowest BCUT2D eigenvalue weighted by molar-refractivity contribution is -0.137. The molecule has 0 aliphatic carbocycles. The summed E-state index contributed by atoms with van der Waals surface area (Å²) in [5.41, 5.74) is 0. The molecule has 2 aliphatic heterocycles. The van der Waals surface area contributed by atoms with Gasteiger partial charge in [-0.2, -0.15) is 0 Å². The van der Waals surface area contributed by atoms with Crippen molar-refractivity contribution in [2.75, 3.05) is 26.2 Å². The second-order valence-corrected chi connectivity index (χ2v) is 4.65. The molecule has 16 heavy (non-hydrogen) atoms. The fourth-order valence-corrected chi connectivity index (χ4v) is 2.63. The Morgan fingerprint density at radius 3 is 3.00 bits per heavy atom. The zero-order valence-corrected chi connectivity index (χ0v) is 10.1. The number of hydrogen-bond donors (Lipinski definition) is 1. The maximum Gasteiger partial charge on any atom is 0.239 e. The van der Waals surface area contributed by atoms with Crippen LogP contribution in [0.4, 0.5) is 0 Å². The molecule has 2 saturated heterocycles. The van der Waals surface area contributed by atoms with Crippen LogP contribution in [0.2, 0.25) is 0 Å². The van der Waals surface area contributed by atoms with Gasteiger partial charge in [-0.05, 0) is 39.2 Å². The summed E-state index contributed by atoms with van der Waals surface area (Å²) < 4.78 is 5.61. The van der Waals surface area contributed by atoms with Gasteiger partial charge in [0.05, 0.1) is 12.1 Å². The van der Waals surface area contributed by atoms with Gasteiger partial charge in [-0.25, -0.2) is 0 Å². The Hall–Kier alpha value is -0.610. The molecule has 2 aliphatic rings. The van der Waals surface area contributed by atoms with E-state index in [1.807, 2.05) is 11.8 Å². The predicted molar refractivity (Wildman–Crippen MR) is 62.3 cm³/mol. The minimum absolute atomic E-state index is 0.0698. The van der Waals surface area contributed by atoms with E-state index in [-0.39, 0.29) is 18.1 Å². The molecular formula is C12H22N2O2. The van der Waals surface area contributed by atoms with E-state index in [4.69, 9.17) is 4.74 Å². The van der Waals surface area contributed by atoms with Gasteiger partial charge in [-0.1, -0.05) is 0 Å². The van der Waals surface area contributed by atoms with E-state index in [2.05, 4.69) is 5.32 Å². The van der Waals surface area contributed by atoms with Crippen molar-refractivity contribution < 1.29 is 9.53 Å². The number of amides is 1. The van der Waals surface area contributed by atoms with E-state index < -0.39 is 0 Å². The summed E-state index contributed by atoms with van der Waals surface area (Å²) in [6, 6.07) is 0.0698. The molecule has 1 amide bonds. The first-order valence-corrected chi connectivity index (χ1v) is 6.45. The van der Waals surface area contributed by atoms with Crippen LogP contribution in [0.25, 0.3) is 0 Å². The molecule has 0 bridgehead atoms. The minimum atomic E-state index is 0.0698. The Balaban J connectivity index is 1.85. The lowest BCUT2D eigenvalue weighted by atomic mass is 10.1. The lowest BCUT2D eigenvalue weighted by Crippen LogP contribution is -2.49. The van der Waals surface area contributed by atoms with E-state index >= 15 is 0 Å². The molecule has 0 aromatic carbocycles. The fourth-order valence-electron chi connectivity index (χ4n) is 2.63. The van der Waals surface area contributed by atoms with Crippen LogP contribution in [0.15, 0.2) is 0 Å². The van der Waals surface area contributed by atoms with Crippen molar-refractivity contribution in [1.82, 2.24) is 10.2 Å². The highest BCUT2D eigenvalue weighted by molar-refractivity contribution is 5.82. The van der Waals surface area contributed by atoms with E-state index in [0.717, 1.165) is 51.9 Å². The third kappa shape index (κ3) is 2.74. The third-order valence-corrected chi connectivity index (χ3v) is 3.45. The van der Waals surface area contributed by atoms with Crippen molar-refractivity contribution in [2.45, 2.75) is 44.8 Å². The summed E-state index contributed by atoms with van der Waals surface area (Å²) in [7, 11) is 0. The fraction of sp³-hybridized carbons (Fsp3) is 0.917. The van der Waals surface area contributed by atoms with Crippen LogP contribution in [0.5, 0.6) is 0 Å². The van der Waals surface area contributed by atoms with Gasteiger partial charge in [0, 0.05) is 19.7 Å². The van der Waals surface area contributed by atoms with Crippen molar-refractivity contribution in [3.63, 3.8) is 0 Å². The molecule has 4 nitrogen and oxygen atoms in total. The maximum absolute atomic E-state index is 12.2. The number of carbonyl (C=O) groups excluding carboxylic acids is 1. The topological polar surface area (TPSA) is 41.6 Å². The van der Waals surface area contributed by atoms with Crippen molar-refractivity contribution in [1.29, 1.82) is 0 Å². The molecule has 2 heterocycles. The van der Waals surface area contributed by atoms with Crippen molar-refractivity contribution in [2.24, 2.45) is 0 Å². The Morgan fingerprint density at radius 2 is 2.31 bits per heavy atom. The maximum atomic E-state index is 12.2. The summed E-state index contributed by atoms with van der Waals surface area (Å²) in [6.45, 7) is 5.43. The average Bonchev–Trinajstić information content (AvgIpc) is 2.82. The highest BCUT2D eigenvalue weighted by atomic mass is 16.5. The summed E-state index contributed by atoms with van der Waals surface area (Å²) in [4.78, 5) is 14.1.